The fraction of sp³-hybridized carbons (Fsp3) is 0.400. The number of nitrogens with one attached hydrogen (secondary N) is 1. The molecule has 3 aliphatic heterocycles. The van der Waals surface area contributed by atoms with E-state index in [4.69, 9.17) is 9.47 Å². The van der Waals surface area contributed by atoms with Crippen molar-refractivity contribution in [3.63, 3.8) is 0 Å². The molecule has 0 unspecified atom stereocenters. The molecule has 1 N–H and O–H groups in total. The third-order valence-corrected chi connectivity index (χ3v) is 8.05. The lowest BCUT2D eigenvalue weighted by molar-refractivity contribution is 0.0342. The van der Waals surface area contributed by atoms with E-state index in [2.05, 4.69) is 28.4 Å². The zero-order valence-corrected chi connectivity index (χ0v) is 21.8. The van der Waals surface area contributed by atoms with Crippen LogP contribution >= 0.6 is 0 Å². The Balaban J connectivity index is 1.24. The maximum Gasteiger partial charge on any atom is 0.321 e. The number of fused-ring (bicyclic) bond motifs is 4. The number of urea groups is 1. The molecule has 0 aliphatic carbocycles. The molecule has 1 aromatic heterocycles. The van der Waals surface area contributed by atoms with Crippen molar-refractivity contribution in [2.24, 2.45) is 5.92 Å². The van der Waals surface area contributed by atoms with Crippen LogP contribution in [0.1, 0.15) is 23.6 Å². The van der Waals surface area contributed by atoms with Crippen molar-refractivity contribution in [1.82, 2.24) is 14.4 Å². The summed E-state index contributed by atoms with van der Waals surface area (Å²) in [7, 11) is 1.60. The summed E-state index contributed by atoms with van der Waals surface area (Å²) in [5, 5.41) is 3.01. The number of carbonyl (C=O) groups is 1. The third kappa shape index (κ3) is 4.81. The maximum atomic E-state index is 13.8. The van der Waals surface area contributed by atoms with Crippen LogP contribution < -0.4 is 15.6 Å². The van der Waals surface area contributed by atoms with Gasteiger partial charge in [-0.15, -0.1) is 0 Å². The lowest BCUT2D eigenvalue weighted by Gasteiger charge is -2.42. The van der Waals surface area contributed by atoms with Gasteiger partial charge in [0.25, 0.3) is 5.56 Å². The number of rotatable bonds is 5. The van der Waals surface area contributed by atoms with Crippen molar-refractivity contribution in [2.45, 2.75) is 25.4 Å². The molecular weight excluding hydrogens is 480 g/mol. The summed E-state index contributed by atoms with van der Waals surface area (Å²) in [5.74, 6) is 1.01. The summed E-state index contributed by atoms with van der Waals surface area (Å²) in [5.41, 5.74) is 4.68. The number of hydrogen-bond donors (Lipinski definition) is 1. The molecule has 0 saturated carbocycles. The van der Waals surface area contributed by atoms with Crippen LogP contribution in [0.3, 0.4) is 0 Å². The second kappa shape index (κ2) is 10.6. The van der Waals surface area contributed by atoms with Gasteiger partial charge in [0.15, 0.2) is 0 Å². The number of carbonyl (C=O) groups excluding carboxylic acids is 1. The number of pyridine rings is 1. The molecule has 6 rings (SSSR count). The number of nitrogens with zero attached hydrogens (tertiary/aromatic N) is 3. The summed E-state index contributed by atoms with van der Waals surface area (Å²) in [6, 6.07) is 19.6. The Morgan fingerprint density at radius 3 is 2.61 bits per heavy atom. The highest BCUT2D eigenvalue weighted by Gasteiger charge is 2.37. The Morgan fingerprint density at radius 1 is 0.974 bits per heavy atom. The van der Waals surface area contributed by atoms with Gasteiger partial charge < -0.3 is 24.3 Å². The van der Waals surface area contributed by atoms with E-state index < -0.39 is 0 Å². The second-order valence-electron chi connectivity index (χ2n) is 10.5. The lowest BCUT2D eigenvalue weighted by Crippen LogP contribution is -2.50. The number of methoxy groups -OCH3 is 1. The first-order valence-electron chi connectivity index (χ1n) is 13.4. The van der Waals surface area contributed by atoms with Crippen LogP contribution in [0.25, 0.3) is 11.1 Å². The minimum absolute atomic E-state index is 0.0681. The van der Waals surface area contributed by atoms with E-state index in [9.17, 15) is 9.59 Å². The highest BCUT2D eigenvalue weighted by molar-refractivity contribution is 5.91. The van der Waals surface area contributed by atoms with E-state index in [0.717, 1.165) is 56.1 Å². The molecule has 2 saturated heterocycles. The van der Waals surface area contributed by atoms with E-state index in [1.165, 1.54) is 5.56 Å². The molecule has 2 fully saturated rings. The first-order valence-corrected chi connectivity index (χ1v) is 13.4. The number of amides is 2. The second-order valence-corrected chi connectivity index (χ2v) is 10.5. The molecule has 8 heteroatoms. The minimum Gasteiger partial charge on any atom is -0.495 e. The van der Waals surface area contributed by atoms with Crippen molar-refractivity contribution in [3.8, 4) is 16.9 Å². The van der Waals surface area contributed by atoms with E-state index in [1.54, 1.807) is 7.11 Å². The molecule has 3 aromatic rings. The van der Waals surface area contributed by atoms with Gasteiger partial charge in [-0.2, -0.15) is 0 Å². The van der Waals surface area contributed by atoms with Crippen molar-refractivity contribution >= 4 is 11.7 Å². The van der Waals surface area contributed by atoms with Crippen molar-refractivity contribution < 1.29 is 14.3 Å². The van der Waals surface area contributed by atoms with Crippen molar-refractivity contribution in [3.05, 3.63) is 82.3 Å². The Kier molecular flexibility index (Phi) is 6.91. The fourth-order valence-electron chi connectivity index (χ4n) is 6.18. The van der Waals surface area contributed by atoms with E-state index in [0.29, 0.717) is 31.1 Å². The van der Waals surface area contributed by atoms with Gasteiger partial charge in [-0.1, -0.05) is 36.4 Å². The number of benzene rings is 2. The molecule has 198 valence electrons. The predicted molar refractivity (Wildman–Crippen MR) is 147 cm³/mol. The minimum atomic E-state index is -0.131. The summed E-state index contributed by atoms with van der Waals surface area (Å²) < 4.78 is 12.9. The topological polar surface area (TPSA) is 76.0 Å². The van der Waals surface area contributed by atoms with Gasteiger partial charge in [0.1, 0.15) is 5.75 Å². The summed E-state index contributed by atoms with van der Waals surface area (Å²) in [4.78, 5) is 31.3. The Labute approximate surface area is 222 Å². The average molecular weight is 515 g/mol. The van der Waals surface area contributed by atoms with Gasteiger partial charge in [-0.25, -0.2) is 4.79 Å². The molecule has 2 bridgehead atoms. The third-order valence-electron chi connectivity index (χ3n) is 8.05. The normalized spacial score (nSPS) is 21.0. The van der Waals surface area contributed by atoms with Crippen LogP contribution in [-0.4, -0.2) is 66.9 Å². The summed E-state index contributed by atoms with van der Waals surface area (Å²) >= 11 is 0. The molecular formula is C30H34N4O4. The number of anilines is 1. The Hall–Kier alpha value is -3.62. The number of para-hydroxylation sites is 2. The van der Waals surface area contributed by atoms with E-state index >= 15 is 0 Å². The molecule has 0 radical (unpaired) electrons. The van der Waals surface area contributed by atoms with Crippen molar-refractivity contribution in [2.75, 3.05) is 51.8 Å². The fourth-order valence-corrected chi connectivity index (χ4v) is 6.18. The average Bonchev–Trinajstić information content (AvgIpc) is 2.95. The van der Waals surface area contributed by atoms with Crippen LogP contribution in [0, 0.1) is 5.92 Å². The van der Waals surface area contributed by atoms with Crippen LogP contribution in [0.5, 0.6) is 5.75 Å². The SMILES string of the molecule is COc1ccccc1NC(=O)N1C[C@H]2C[C@H](C1)c1ccc(-c3ccccc3CN3CCOCC3)c(=O)n1C2. The number of piperidine rings is 1. The van der Waals surface area contributed by atoms with Gasteiger partial charge in [-0.3, -0.25) is 9.69 Å². The predicted octanol–water partition coefficient (Wildman–Crippen LogP) is 4.01. The Bertz CT molecular complexity index is 1380. The van der Waals surface area contributed by atoms with Crippen LogP contribution in [0.4, 0.5) is 10.5 Å². The molecule has 2 amide bonds. The number of hydrogen-bond acceptors (Lipinski definition) is 5. The summed E-state index contributed by atoms with van der Waals surface area (Å²) in [6.07, 6.45) is 0.991. The zero-order valence-electron chi connectivity index (χ0n) is 21.8. The molecule has 2 aromatic carbocycles. The van der Waals surface area contributed by atoms with Gasteiger partial charge in [0.2, 0.25) is 0 Å². The zero-order chi connectivity index (χ0) is 26.1. The smallest absolute Gasteiger partial charge is 0.321 e. The van der Waals surface area contributed by atoms with Crippen LogP contribution in [0.2, 0.25) is 0 Å². The summed E-state index contributed by atoms with van der Waals surface area (Å²) in [6.45, 7) is 5.96. The highest BCUT2D eigenvalue weighted by atomic mass is 16.5. The number of ether oxygens (including phenoxy) is 2. The standard InChI is InChI=1S/C30H34N4O4/c1-37-28-9-5-4-8-26(28)31-30(36)33-17-21-16-23(20-33)27-11-10-25(29(35)34(27)18-21)24-7-3-2-6-22(24)19-32-12-14-38-15-13-32/h2-11,21,23H,12-20H2,1H3,(H,31,36)/t21-,23-/m1/s1. The molecule has 2 atom stereocenters. The van der Waals surface area contributed by atoms with Crippen LogP contribution in [0.15, 0.2) is 65.5 Å². The lowest BCUT2D eigenvalue weighted by atomic mass is 9.83. The first kappa shape index (κ1) is 24.7. The Morgan fingerprint density at radius 2 is 1.76 bits per heavy atom. The molecule has 3 aliphatic rings. The first-order chi connectivity index (χ1) is 18.6. The largest absolute Gasteiger partial charge is 0.495 e. The van der Waals surface area contributed by atoms with Crippen molar-refractivity contribution in [1.29, 1.82) is 0 Å². The maximum absolute atomic E-state index is 13.8. The monoisotopic (exact) mass is 514 g/mol. The number of morpholine rings is 1. The number of likely N-dealkylation sites (tertiary alicyclic amines) is 1. The molecule has 38 heavy (non-hydrogen) atoms. The van der Waals surface area contributed by atoms with E-state index in [-0.39, 0.29) is 23.4 Å². The molecule has 0 spiro atoms. The van der Waals surface area contributed by atoms with Gasteiger partial charge in [-0.05, 0) is 47.7 Å². The molecule has 4 heterocycles. The highest BCUT2D eigenvalue weighted by Crippen LogP contribution is 2.36. The molecule has 8 nitrogen and oxygen atoms in total. The van der Waals surface area contributed by atoms with Gasteiger partial charge >= 0.3 is 6.03 Å². The van der Waals surface area contributed by atoms with Gasteiger partial charge in [0, 0.05) is 56.4 Å². The quantitative estimate of drug-likeness (QED) is 0.557. The van der Waals surface area contributed by atoms with Crippen LogP contribution in [-0.2, 0) is 17.8 Å². The van der Waals surface area contributed by atoms with Gasteiger partial charge in [0.05, 0.1) is 26.0 Å². The van der Waals surface area contributed by atoms with E-state index in [1.807, 2.05) is 51.9 Å². The number of aromatic nitrogens is 1.